The zero-order valence-corrected chi connectivity index (χ0v) is 24.2. The van der Waals surface area contributed by atoms with Crippen LogP contribution in [0.5, 0.6) is 0 Å². The van der Waals surface area contributed by atoms with Crippen molar-refractivity contribution in [2.45, 2.75) is 6.42 Å². The molecule has 0 bridgehead atoms. The second-order valence-electron chi connectivity index (χ2n) is 10.8. The van der Waals surface area contributed by atoms with E-state index in [0.717, 1.165) is 34.1 Å². The highest BCUT2D eigenvalue weighted by molar-refractivity contribution is 5.96. The summed E-state index contributed by atoms with van der Waals surface area (Å²) in [7, 11) is 0. The fourth-order valence-corrected chi connectivity index (χ4v) is 5.48. The van der Waals surface area contributed by atoms with E-state index in [9.17, 15) is 4.79 Å². The molecule has 8 nitrogen and oxygen atoms in total. The predicted octanol–water partition coefficient (Wildman–Crippen LogP) is 6.38. The van der Waals surface area contributed by atoms with Gasteiger partial charge in [0.2, 0.25) is 5.95 Å². The lowest BCUT2D eigenvalue weighted by molar-refractivity contribution is 0.0746. The normalized spacial score (nSPS) is 13.2. The number of nitrogens with one attached hydrogen (secondary N) is 1. The zero-order valence-electron chi connectivity index (χ0n) is 24.2. The Labute approximate surface area is 256 Å². The summed E-state index contributed by atoms with van der Waals surface area (Å²) in [5.41, 5.74) is 5.53. The lowest BCUT2D eigenvalue weighted by Crippen LogP contribution is -2.49. The van der Waals surface area contributed by atoms with Crippen molar-refractivity contribution in [1.82, 2.24) is 24.8 Å². The van der Waals surface area contributed by atoms with E-state index < -0.39 is 0 Å². The molecule has 0 spiro atoms. The molecule has 7 rings (SSSR count). The molecule has 4 aromatic carbocycles. The van der Waals surface area contributed by atoms with Crippen molar-refractivity contribution in [2.24, 2.45) is 0 Å². The monoisotopic (exact) mass is 577 g/mol. The molecule has 1 fully saturated rings. The van der Waals surface area contributed by atoms with Gasteiger partial charge in [0.1, 0.15) is 5.82 Å². The van der Waals surface area contributed by atoms with Crippen LogP contribution in [0.4, 0.5) is 17.5 Å². The quantitative estimate of drug-likeness (QED) is 0.235. The fourth-order valence-electron chi connectivity index (χ4n) is 5.48. The minimum absolute atomic E-state index is 0.00458. The average Bonchev–Trinajstić information content (AvgIpc) is 3.09. The number of rotatable bonds is 7. The van der Waals surface area contributed by atoms with Crippen molar-refractivity contribution >= 4 is 34.3 Å². The minimum atomic E-state index is 0.00458. The number of hydrogen-bond acceptors (Lipinski definition) is 7. The summed E-state index contributed by atoms with van der Waals surface area (Å²) < 4.78 is 0. The van der Waals surface area contributed by atoms with Crippen LogP contribution in [-0.2, 0) is 6.42 Å². The maximum atomic E-state index is 13.5. The predicted molar refractivity (Wildman–Crippen MR) is 174 cm³/mol. The van der Waals surface area contributed by atoms with Gasteiger partial charge in [-0.25, -0.2) is 19.9 Å². The molecule has 0 atom stereocenters. The topological polar surface area (TPSA) is 87.1 Å². The van der Waals surface area contributed by atoms with Crippen molar-refractivity contribution in [2.75, 3.05) is 36.4 Å². The van der Waals surface area contributed by atoms with Crippen molar-refractivity contribution in [3.8, 4) is 11.4 Å². The minimum Gasteiger partial charge on any atom is -0.340 e. The lowest BCUT2D eigenvalue weighted by atomic mass is 10.1. The van der Waals surface area contributed by atoms with Gasteiger partial charge in [-0.3, -0.25) is 4.79 Å². The summed E-state index contributed by atoms with van der Waals surface area (Å²) >= 11 is 0. The van der Waals surface area contributed by atoms with Gasteiger partial charge in [-0.05, 0) is 41.5 Å². The van der Waals surface area contributed by atoms with Crippen LogP contribution < -0.4 is 10.2 Å². The van der Waals surface area contributed by atoms with E-state index in [2.05, 4.69) is 32.3 Å². The number of aromatic nitrogens is 4. The summed E-state index contributed by atoms with van der Waals surface area (Å²) in [6.45, 7) is 2.55. The van der Waals surface area contributed by atoms with Gasteiger partial charge in [0.25, 0.3) is 5.91 Å². The second-order valence-corrected chi connectivity index (χ2v) is 10.8. The van der Waals surface area contributed by atoms with Gasteiger partial charge in [0, 0.05) is 67.2 Å². The van der Waals surface area contributed by atoms with Crippen LogP contribution in [0.1, 0.15) is 21.5 Å². The molecule has 0 radical (unpaired) electrons. The number of carbonyl (C=O) groups excluding carboxylic acids is 1. The van der Waals surface area contributed by atoms with Crippen molar-refractivity contribution in [1.29, 1.82) is 0 Å². The van der Waals surface area contributed by atoms with E-state index in [1.54, 1.807) is 0 Å². The van der Waals surface area contributed by atoms with Crippen molar-refractivity contribution in [3.05, 3.63) is 138 Å². The third-order valence-electron chi connectivity index (χ3n) is 7.80. The Morgan fingerprint density at radius 3 is 2.18 bits per heavy atom. The van der Waals surface area contributed by atoms with Crippen molar-refractivity contribution < 1.29 is 4.79 Å². The Morgan fingerprint density at radius 1 is 0.705 bits per heavy atom. The molecule has 2 aromatic heterocycles. The van der Waals surface area contributed by atoms with Crippen molar-refractivity contribution in [3.63, 3.8) is 0 Å². The maximum absolute atomic E-state index is 13.5. The number of carbonyl (C=O) groups is 1. The Kier molecular flexibility index (Phi) is 7.61. The number of anilines is 3. The van der Waals surface area contributed by atoms with E-state index in [1.807, 2.05) is 114 Å². The fraction of sp³-hybridized carbons (Fsp3) is 0.139. The molecule has 0 saturated carbocycles. The van der Waals surface area contributed by atoms with Crippen LogP contribution in [0.2, 0.25) is 0 Å². The van der Waals surface area contributed by atoms with Crippen LogP contribution in [-0.4, -0.2) is 56.9 Å². The highest BCUT2D eigenvalue weighted by atomic mass is 16.2. The summed E-state index contributed by atoms with van der Waals surface area (Å²) in [6.07, 6.45) is 4.60. The summed E-state index contributed by atoms with van der Waals surface area (Å²) in [5, 5.41) is 4.37. The molecule has 0 unspecified atom stereocenters. The van der Waals surface area contributed by atoms with E-state index in [4.69, 9.17) is 9.97 Å². The average molecular weight is 578 g/mol. The number of para-hydroxylation sites is 1. The third-order valence-corrected chi connectivity index (χ3v) is 7.80. The third kappa shape index (κ3) is 5.96. The van der Waals surface area contributed by atoms with Crippen LogP contribution in [0.3, 0.4) is 0 Å². The largest absolute Gasteiger partial charge is 0.340 e. The van der Waals surface area contributed by atoms with E-state index in [-0.39, 0.29) is 5.91 Å². The van der Waals surface area contributed by atoms with Gasteiger partial charge in [0.05, 0.1) is 5.52 Å². The van der Waals surface area contributed by atoms with Gasteiger partial charge in [-0.2, -0.15) is 0 Å². The Hall–Kier alpha value is -5.63. The number of amides is 1. The first kappa shape index (κ1) is 27.2. The molecule has 1 aliphatic rings. The smallest absolute Gasteiger partial charge is 0.254 e. The van der Waals surface area contributed by atoms with Gasteiger partial charge in [-0.1, -0.05) is 78.9 Å². The first-order valence-corrected chi connectivity index (χ1v) is 14.8. The molecule has 44 heavy (non-hydrogen) atoms. The summed E-state index contributed by atoms with van der Waals surface area (Å²) in [6, 6.07) is 35.8. The Bertz CT molecular complexity index is 1890. The van der Waals surface area contributed by atoms with E-state index in [1.165, 1.54) is 5.56 Å². The maximum Gasteiger partial charge on any atom is 0.254 e. The first-order chi connectivity index (χ1) is 21.7. The molecule has 1 aliphatic heterocycles. The molecule has 1 N–H and O–H groups in total. The molecule has 6 aromatic rings. The number of fused-ring (bicyclic) bond motifs is 1. The van der Waals surface area contributed by atoms with Gasteiger partial charge < -0.3 is 15.1 Å². The number of nitrogens with zero attached hydrogens (tertiary/aromatic N) is 6. The highest BCUT2D eigenvalue weighted by Crippen LogP contribution is 2.28. The molecular weight excluding hydrogens is 546 g/mol. The van der Waals surface area contributed by atoms with Crippen LogP contribution in [0.25, 0.3) is 22.3 Å². The van der Waals surface area contributed by atoms with Gasteiger partial charge in [-0.15, -0.1) is 0 Å². The number of piperazine rings is 1. The molecule has 0 aliphatic carbocycles. The molecule has 1 saturated heterocycles. The van der Waals surface area contributed by atoms with Crippen LogP contribution in [0.15, 0.2) is 122 Å². The highest BCUT2D eigenvalue weighted by Gasteiger charge is 2.24. The van der Waals surface area contributed by atoms with Crippen LogP contribution in [0, 0.1) is 0 Å². The van der Waals surface area contributed by atoms with Gasteiger partial charge in [0.15, 0.2) is 5.82 Å². The molecule has 3 heterocycles. The molecular formula is C36H31N7O. The molecule has 8 heteroatoms. The Morgan fingerprint density at radius 2 is 1.41 bits per heavy atom. The standard InChI is InChI=1S/C36H31N7O/c44-35(42-18-20-43(21-19-42)36-37-24-27(25-38-36)22-26-10-3-1-4-11-26)29-14-9-15-30(23-29)39-34-31-16-7-8-17-32(31)40-33(41-34)28-12-5-2-6-13-28/h1-17,23-25H,18-22H2,(H,39,40,41). The van der Waals surface area contributed by atoms with E-state index >= 15 is 0 Å². The molecule has 1 amide bonds. The lowest BCUT2D eigenvalue weighted by Gasteiger charge is -2.34. The summed E-state index contributed by atoms with van der Waals surface area (Å²) in [4.78, 5) is 36.4. The summed E-state index contributed by atoms with van der Waals surface area (Å²) in [5.74, 6) is 2.05. The van der Waals surface area contributed by atoms with Gasteiger partial charge >= 0.3 is 0 Å². The second kappa shape index (κ2) is 12.3. The number of benzene rings is 4. The first-order valence-electron chi connectivity index (χ1n) is 14.8. The SMILES string of the molecule is O=C(c1cccc(Nc2nc(-c3ccccc3)nc3ccccc23)c1)N1CCN(c2ncc(Cc3ccccc3)cn2)CC1. The molecule has 216 valence electrons. The van der Waals surface area contributed by atoms with Crippen LogP contribution >= 0.6 is 0 Å². The number of hydrogen-bond donors (Lipinski definition) is 1. The Balaban J connectivity index is 1.03. The zero-order chi connectivity index (χ0) is 29.7. The van der Waals surface area contributed by atoms with E-state index in [0.29, 0.717) is 49.3 Å².